The molecule has 0 saturated carbocycles. The van der Waals surface area contributed by atoms with Crippen molar-refractivity contribution in [3.8, 4) is 0 Å². The summed E-state index contributed by atoms with van der Waals surface area (Å²) >= 11 is 1.93. The first-order chi connectivity index (χ1) is 9.31. The van der Waals surface area contributed by atoms with E-state index in [9.17, 15) is 0 Å². The molecule has 0 aromatic heterocycles. The summed E-state index contributed by atoms with van der Waals surface area (Å²) in [6.07, 6.45) is 6.47. The van der Waals surface area contributed by atoms with Crippen LogP contribution in [0.15, 0.2) is 29.2 Å². The van der Waals surface area contributed by atoms with E-state index in [1.54, 1.807) is 14.2 Å². The Kier molecular flexibility index (Phi) is 8.97. The van der Waals surface area contributed by atoms with Crippen molar-refractivity contribution in [2.45, 2.75) is 50.2 Å². The van der Waals surface area contributed by atoms with E-state index in [1.807, 2.05) is 11.8 Å². The smallest absolute Gasteiger partial charge is 0.183 e. The number of thioether (sulfide) groups is 1. The van der Waals surface area contributed by atoms with Crippen LogP contribution in [0.4, 0.5) is 0 Å². The largest absolute Gasteiger partial charge is 0.352 e. The van der Waals surface area contributed by atoms with Gasteiger partial charge >= 0.3 is 0 Å². The highest BCUT2D eigenvalue weighted by atomic mass is 32.2. The Morgan fingerprint density at radius 3 is 2.16 bits per heavy atom. The predicted octanol–water partition coefficient (Wildman–Crippen LogP) is 5.04. The lowest BCUT2D eigenvalue weighted by molar-refractivity contribution is -0.106. The van der Waals surface area contributed by atoms with E-state index in [-0.39, 0.29) is 6.29 Å². The Bertz CT molecular complexity index is 320. The molecule has 19 heavy (non-hydrogen) atoms. The fraction of sp³-hybridized carbons (Fsp3) is 0.625. The molecule has 1 aromatic rings. The molecule has 1 rings (SSSR count). The van der Waals surface area contributed by atoms with E-state index in [2.05, 4.69) is 31.2 Å². The molecule has 1 aromatic carbocycles. The first-order valence-corrected chi connectivity index (χ1v) is 8.08. The van der Waals surface area contributed by atoms with E-state index >= 15 is 0 Å². The SMILES string of the molecule is CCCCCCCSc1ccc(C(OC)OC)cc1. The minimum Gasteiger partial charge on any atom is -0.352 e. The summed E-state index contributed by atoms with van der Waals surface area (Å²) in [6.45, 7) is 2.25. The average Bonchev–Trinajstić information content (AvgIpc) is 2.45. The fourth-order valence-corrected chi connectivity index (χ4v) is 2.90. The van der Waals surface area contributed by atoms with Gasteiger partial charge in [0.1, 0.15) is 0 Å². The molecule has 0 bridgehead atoms. The molecular weight excluding hydrogens is 256 g/mol. The maximum atomic E-state index is 5.23. The Balaban J connectivity index is 2.28. The maximum Gasteiger partial charge on any atom is 0.183 e. The third-order valence-electron chi connectivity index (χ3n) is 3.10. The second-order valence-electron chi connectivity index (χ2n) is 4.64. The standard InChI is InChI=1S/C16H26O2S/c1-4-5-6-7-8-13-19-15-11-9-14(10-12-15)16(17-2)18-3/h9-12,16H,4-8,13H2,1-3H3. The topological polar surface area (TPSA) is 18.5 Å². The van der Waals surface area contributed by atoms with Crippen LogP contribution in [-0.4, -0.2) is 20.0 Å². The Hall–Kier alpha value is -0.510. The lowest BCUT2D eigenvalue weighted by Gasteiger charge is -2.13. The highest BCUT2D eigenvalue weighted by Crippen LogP contribution is 2.24. The molecule has 108 valence electrons. The van der Waals surface area contributed by atoms with Crippen LogP contribution in [0.2, 0.25) is 0 Å². The van der Waals surface area contributed by atoms with Crippen molar-refractivity contribution in [2.24, 2.45) is 0 Å². The molecule has 0 spiro atoms. The Labute approximate surface area is 121 Å². The minimum absolute atomic E-state index is 0.256. The number of ether oxygens (including phenoxy) is 2. The summed E-state index contributed by atoms with van der Waals surface area (Å²) in [5.74, 6) is 1.21. The summed E-state index contributed by atoms with van der Waals surface area (Å²) in [7, 11) is 3.32. The van der Waals surface area contributed by atoms with Gasteiger partial charge in [0.2, 0.25) is 0 Å². The van der Waals surface area contributed by atoms with Crippen LogP contribution in [0.1, 0.15) is 50.9 Å². The Morgan fingerprint density at radius 2 is 1.58 bits per heavy atom. The van der Waals surface area contributed by atoms with Gasteiger partial charge in [-0.3, -0.25) is 0 Å². The number of rotatable bonds is 10. The molecule has 0 aliphatic rings. The van der Waals surface area contributed by atoms with Crippen molar-refractivity contribution in [1.82, 2.24) is 0 Å². The second kappa shape index (κ2) is 10.3. The van der Waals surface area contributed by atoms with E-state index in [1.165, 1.54) is 42.8 Å². The number of hydrogen-bond donors (Lipinski definition) is 0. The van der Waals surface area contributed by atoms with Crippen LogP contribution < -0.4 is 0 Å². The molecule has 0 amide bonds. The van der Waals surface area contributed by atoms with E-state index in [4.69, 9.17) is 9.47 Å². The molecule has 0 aliphatic heterocycles. The van der Waals surface area contributed by atoms with Gasteiger partial charge < -0.3 is 9.47 Å². The van der Waals surface area contributed by atoms with Gasteiger partial charge in [-0.25, -0.2) is 0 Å². The van der Waals surface area contributed by atoms with Crippen molar-refractivity contribution in [3.05, 3.63) is 29.8 Å². The van der Waals surface area contributed by atoms with Crippen molar-refractivity contribution >= 4 is 11.8 Å². The van der Waals surface area contributed by atoms with Gasteiger partial charge in [0.05, 0.1) is 0 Å². The van der Waals surface area contributed by atoms with Crippen LogP contribution in [0.5, 0.6) is 0 Å². The molecule has 0 aliphatic carbocycles. The van der Waals surface area contributed by atoms with E-state index in [0.717, 1.165) is 5.56 Å². The second-order valence-corrected chi connectivity index (χ2v) is 5.80. The van der Waals surface area contributed by atoms with Gasteiger partial charge in [-0.05, 0) is 24.3 Å². The number of methoxy groups -OCH3 is 2. The molecular formula is C16H26O2S. The van der Waals surface area contributed by atoms with Gasteiger partial charge in [-0.2, -0.15) is 0 Å². The van der Waals surface area contributed by atoms with Crippen LogP contribution >= 0.6 is 11.8 Å². The predicted molar refractivity (Wildman–Crippen MR) is 82.7 cm³/mol. The quantitative estimate of drug-likeness (QED) is 0.340. The number of unbranched alkanes of at least 4 members (excludes halogenated alkanes) is 4. The molecule has 0 radical (unpaired) electrons. The summed E-state index contributed by atoms with van der Waals surface area (Å²) in [5, 5.41) is 0. The maximum absolute atomic E-state index is 5.23. The Morgan fingerprint density at radius 1 is 0.947 bits per heavy atom. The van der Waals surface area contributed by atoms with Gasteiger partial charge in [0.15, 0.2) is 6.29 Å². The van der Waals surface area contributed by atoms with Crippen LogP contribution in [0.3, 0.4) is 0 Å². The van der Waals surface area contributed by atoms with Crippen molar-refractivity contribution < 1.29 is 9.47 Å². The molecule has 0 N–H and O–H groups in total. The number of benzene rings is 1. The molecule has 3 heteroatoms. The zero-order valence-corrected chi connectivity index (χ0v) is 13.2. The lowest BCUT2D eigenvalue weighted by atomic mass is 10.2. The normalized spacial score (nSPS) is 11.2. The van der Waals surface area contributed by atoms with E-state index < -0.39 is 0 Å². The van der Waals surface area contributed by atoms with Crippen LogP contribution in [-0.2, 0) is 9.47 Å². The van der Waals surface area contributed by atoms with Gasteiger partial charge in [0, 0.05) is 24.7 Å². The summed E-state index contributed by atoms with van der Waals surface area (Å²) in [6, 6.07) is 8.46. The summed E-state index contributed by atoms with van der Waals surface area (Å²) in [4.78, 5) is 1.32. The zero-order valence-electron chi connectivity index (χ0n) is 12.4. The average molecular weight is 282 g/mol. The highest BCUT2D eigenvalue weighted by molar-refractivity contribution is 7.99. The van der Waals surface area contributed by atoms with Crippen molar-refractivity contribution in [1.29, 1.82) is 0 Å². The first-order valence-electron chi connectivity index (χ1n) is 7.10. The summed E-state index contributed by atoms with van der Waals surface area (Å²) < 4.78 is 10.5. The third kappa shape index (κ3) is 6.46. The zero-order chi connectivity index (χ0) is 13.9. The molecule has 0 heterocycles. The van der Waals surface area contributed by atoms with Crippen molar-refractivity contribution in [2.75, 3.05) is 20.0 Å². The minimum atomic E-state index is -0.256. The molecule has 0 atom stereocenters. The van der Waals surface area contributed by atoms with E-state index in [0.29, 0.717) is 0 Å². The van der Waals surface area contributed by atoms with Gasteiger partial charge in [-0.1, -0.05) is 44.7 Å². The number of hydrogen-bond acceptors (Lipinski definition) is 3. The van der Waals surface area contributed by atoms with Gasteiger partial charge in [-0.15, -0.1) is 11.8 Å². The lowest BCUT2D eigenvalue weighted by Crippen LogP contribution is -2.02. The molecule has 0 unspecified atom stereocenters. The van der Waals surface area contributed by atoms with Crippen molar-refractivity contribution in [3.63, 3.8) is 0 Å². The fourth-order valence-electron chi connectivity index (χ4n) is 1.99. The third-order valence-corrected chi connectivity index (χ3v) is 4.20. The molecule has 0 fully saturated rings. The molecule has 2 nitrogen and oxygen atoms in total. The van der Waals surface area contributed by atoms with Gasteiger partial charge in [0.25, 0.3) is 0 Å². The highest BCUT2D eigenvalue weighted by Gasteiger charge is 2.07. The summed E-state index contributed by atoms with van der Waals surface area (Å²) in [5.41, 5.74) is 1.07. The van der Waals surface area contributed by atoms with Crippen LogP contribution in [0, 0.1) is 0 Å². The first kappa shape index (κ1) is 16.5. The monoisotopic (exact) mass is 282 g/mol. The van der Waals surface area contributed by atoms with Crippen LogP contribution in [0.25, 0.3) is 0 Å². The molecule has 0 saturated heterocycles.